The summed E-state index contributed by atoms with van der Waals surface area (Å²) in [5.41, 5.74) is -1.32. The van der Waals surface area contributed by atoms with Gasteiger partial charge in [-0.2, -0.15) is 13.2 Å². The van der Waals surface area contributed by atoms with Gasteiger partial charge < -0.3 is 14.8 Å². The number of hydrogen-bond acceptors (Lipinski definition) is 4. The molecule has 0 unspecified atom stereocenters. The van der Waals surface area contributed by atoms with Crippen LogP contribution in [0.2, 0.25) is 0 Å². The van der Waals surface area contributed by atoms with Crippen LogP contribution in [0.5, 0.6) is 0 Å². The lowest BCUT2D eigenvalue weighted by Crippen LogP contribution is -2.40. The topological polar surface area (TPSA) is 84.3 Å². The van der Waals surface area contributed by atoms with Crippen LogP contribution in [0.25, 0.3) is 11.1 Å². The zero-order valence-electron chi connectivity index (χ0n) is 18.0. The number of hydrogen-bond donors (Lipinski definition) is 1. The van der Waals surface area contributed by atoms with Gasteiger partial charge in [-0.1, -0.05) is 6.07 Å². The van der Waals surface area contributed by atoms with E-state index in [9.17, 15) is 27.6 Å². The van der Waals surface area contributed by atoms with E-state index < -0.39 is 47.4 Å². The number of carbonyl (C=O) groups excluding carboxylic acids is 2. The van der Waals surface area contributed by atoms with Gasteiger partial charge in [0.2, 0.25) is 11.8 Å². The molecule has 0 saturated carbocycles. The Morgan fingerprint density at radius 3 is 2.47 bits per heavy atom. The first-order chi connectivity index (χ1) is 16.0. The summed E-state index contributed by atoms with van der Waals surface area (Å²) in [5.74, 6) is -3.23. The van der Waals surface area contributed by atoms with Gasteiger partial charge in [-0.25, -0.2) is 4.39 Å². The molecule has 1 aliphatic heterocycles. The Morgan fingerprint density at radius 2 is 1.82 bits per heavy atom. The quantitative estimate of drug-likeness (QED) is 0.587. The number of halogens is 4. The van der Waals surface area contributed by atoms with Crippen molar-refractivity contribution in [3.63, 3.8) is 0 Å². The summed E-state index contributed by atoms with van der Waals surface area (Å²) in [6, 6.07) is 6.90. The van der Waals surface area contributed by atoms with Gasteiger partial charge in [0.05, 0.1) is 28.4 Å². The minimum absolute atomic E-state index is 0.00534. The summed E-state index contributed by atoms with van der Waals surface area (Å²) in [4.78, 5) is 43.6. The Morgan fingerprint density at radius 1 is 1.15 bits per heavy atom. The molecule has 0 radical (unpaired) electrons. The van der Waals surface area contributed by atoms with E-state index in [2.05, 4.69) is 10.3 Å². The van der Waals surface area contributed by atoms with Gasteiger partial charge in [-0.05, 0) is 37.3 Å². The maximum atomic E-state index is 15.2. The molecule has 0 fully saturated rings. The maximum absolute atomic E-state index is 15.2. The smallest absolute Gasteiger partial charge is 0.325 e. The predicted molar refractivity (Wildman–Crippen MR) is 116 cm³/mol. The predicted octanol–water partition coefficient (Wildman–Crippen LogP) is 3.69. The summed E-state index contributed by atoms with van der Waals surface area (Å²) in [6.45, 7) is 0.986. The van der Waals surface area contributed by atoms with E-state index >= 15 is 4.39 Å². The van der Waals surface area contributed by atoms with Crippen LogP contribution in [0.4, 0.5) is 28.9 Å². The Kier molecular flexibility index (Phi) is 5.72. The van der Waals surface area contributed by atoms with Gasteiger partial charge in [0.1, 0.15) is 6.54 Å². The molecular formula is C23H18F4N4O3. The zero-order chi connectivity index (χ0) is 24.8. The molecule has 34 heavy (non-hydrogen) atoms. The Balaban J connectivity index is 1.72. The average molecular weight is 474 g/mol. The van der Waals surface area contributed by atoms with Crippen molar-refractivity contribution in [1.29, 1.82) is 0 Å². The van der Waals surface area contributed by atoms with Gasteiger partial charge in [-0.15, -0.1) is 0 Å². The van der Waals surface area contributed by atoms with E-state index in [1.54, 1.807) is 19.1 Å². The zero-order valence-corrected chi connectivity index (χ0v) is 18.0. The monoisotopic (exact) mass is 474 g/mol. The lowest BCUT2D eigenvalue weighted by Gasteiger charge is -2.24. The maximum Gasteiger partial charge on any atom is 0.416 e. The van der Waals surface area contributed by atoms with Crippen LogP contribution in [0.1, 0.15) is 24.1 Å². The molecule has 0 bridgehead atoms. The van der Waals surface area contributed by atoms with Crippen molar-refractivity contribution in [3.05, 3.63) is 76.2 Å². The molecule has 2 amide bonds. The third-order valence-electron chi connectivity index (χ3n) is 5.54. The number of anilines is 2. The third kappa shape index (κ3) is 4.04. The molecule has 1 N–H and O–H groups in total. The van der Waals surface area contributed by atoms with Crippen molar-refractivity contribution < 1.29 is 27.2 Å². The SMILES string of the molecule is C[C@H]1C(=O)N(CC(=O)Nc2ccc(C(F)(F)F)cc2)c2cn(C)c(=O)c(F)c2-c2cccnc21. The summed E-state index contributed by atoms with van der Waals surface area (Å²) < 4.78 is 54.4. The van der Waals surface area contributed by atoms with E-state index in [0.717, 1.165) is 33.7 Å². The minimum Gasteiger partial charge on any atom is -0.325 e. The van der Waals surface area contributed by atoms with Crippen molar-refractivity contribution >= 4 is 23.2 Å². The van der Waals surface area contributed by atoms with Crippen LogP contribution in [0.3, 0.4) is 0 Å². The van der Waals surface area contributed by atoms with Gasteiger partial charge in [-0.3, -0.25) is 19.4 Å². The highest BCUT2D eigenvalue weighted by molar-refractivity contribution is 6.09. The molecule has 2 aromatic heterocycles. The van der Waals surface area contributed by atoms with Crippen molar-refractivity contribution in [1.82, 2.24) is 9.55 Å². The Bertz CT molecular complexity index is 1350. The lowest BCUT2D eigenvalue weighted by atomic mass is 9.98. The molecule has 3 aromatic rings. The molecule has 0 aliphatic carbocycles. The van der Waals surface area contributed by atoms with Crippen LogP contribution < -0.4 is 15.8 Å². The Labute approximate surface area is 190 Å². The summed E-state index contributed by atoms with van der Waals surface area (Å²) in [5, 5.41) is 2.44. The van der Waals surface area contributed by atoms with E-state index in [1.807, 2.05) is 0 Å². The average Bonchev–Trinajstić information content (AvgIpc) is 2.87. The normalized spacial score (nSPS) is 15.4. The van der Waals surface area contributed by atoms with Gasteiger partial charge in [0.15, 0.2) is 5.82 Å². The first-order valence-corrected chi connectivity index (χ1v) is 10.1. The van der Waals surface area contributed by atoms with Gasteiger partial charge in [0, 0.05) is 30.7 Å². The second kappa shape index (κ2) is 8.40. The van der Waals surface area contributed by atoms with Crippen molar-refractivity contribution in [2.24, 2.45) is 7.05 Å². The highest BCUT2D eigenvalue weighted by atomic mass is 19.4. The molecule has 1 aromatic carbocycles. The van der Waals surface area contributed by atoms with Crippen molar-refractivity contribution in [3.8, 4) is 11.1 Å². The van der Waals surface area contributed by atoms with Crippen LogP contribution >= 0.6 is 0 Å². The molecule has 176 valence electrons. The number of pyridine rings is 2. The van der Waals surface area contributed by atoms with Crippen LogP contribution in [0, 0.1) is 5.82 Å². The fraction of sp³-hybridized carbons (Fsp3) is 0.217. The minimum atomic E-state index is -4.52. The van der Waals surface area contributed by atoms with Crippen molar-refractivity contribution in [2.75, 3.05) is 16.8 Å². The highest BCUT2D eigenvalue weighted by Gasteiger charge is 2.36. The van der Waals surface area contributed by atoms with Crippen LogP contribution in [0.15, 0.2) is 53.6 Å². The fourth-order valence-electron chi connectivity index (χ4n) is 3.83. The standard InChI is InChI=1S/C23H18F4N4O3/c1-12-20-15(4-3-9-28-20)18-16(10-30(2)22(34)19(18)24)31(21(12)33)11-17(32)29-14-7-5-13(6-8-14)23(25,26)27/h3-10,12H,11H2,1-2H3,(H,29,32)/t12-/m1/s1. The first kappa shape index (κ1) is 23.1. The fourth-order valence-corrected chi connectivity index (χ4v) is 3.83. The van der Waals surface area contributed by atoms with E-state index in [4.69, 9.17) is 0 Å². The molecule has 11 heteroatoms. The first-order valence-electron chi connectivity index (χ1n) is 10.1. The second-order valence-corrected chi connectivity index (χ2v) is 7.82. The molecule has 0 saturated heterocycles. The number of fused-ring (bicyclic) bond motifs is 3. The number of aromatic nitrogens is 2. The second-order valence-electron chi connectivity index (χ2n) is 7.82. The molecule has 0 spiro atoms. The van der Waals surface area contributed by atoms with Crippen LogP contribution in [-0.2, 0) is 22.8 Å². The van der Waals surface area contributed by atoms with E-state index in [1.165, 1.54) is 19.4 Å². The molecule has 3 heterocycles. The van der Waals surface area contributed by atoms with Gasteiger partial charge in [0.25, 0.3) is 5.56 Å². The number of carbonyl (C=O) groups is 2. The van der Waals surface area contributed by atoms with Gasteiger partial charge >= 0.3 is 6.18 Å². The Hall–Kier alpha value is -4.02. The molecule has 7 nitrogen and oxygen atoms in total. The lowest BCUT2D eigenvalue weighted by molar-refractivity contribution is -0.137. The highest BCUT2D eigenvalue weighted by Crippen LogP contribution is 2.40. The third-order valence-corrected chi connectivity index (χ3v) is 5.54. The number of aryl methyl sites for hydroxylation is 1. The summed E-state index contributed by atoms with van der Waals surface area (Å²) >= 11 is 0. The largest absolute Gasteiger partial charge is 0.416 e. The number of benzene rings is 1. The van der Waals surface area contributed by atoms with Crippen LogP contribution in [-0.4, -0.2) is 27.9 Å². The molecule has 1 aliphatic rings. The van der Waals surface area contributed by atoms with E-state index in [0.29, 0.717) is 0 Å². The number of nitrogens with one attached hydrogen (secondary N) is 1. The number of amides is 2. The summed E-state index contributed by atoms with van der Waals surface area (Å²) in [7, 11) is 1.31. The number of nitrogens with zero attached hydrogens (tertiary/aromatic N) is 3. The number of rotatable bonds is 3. The van der Waals surface area contributed by atoms with Crippen molar-refractivity contribution in [2.45, 2.75) is 19.0 Å². The number of alkyl halides is 3. The molecular weight excluding hydrogens is 456 g/mol. The molecule has 1 atom stereocenters. The molecule has 4 rings (SSSR count). The van der Waals surface area contributed by atoms with E-state index in [-0.39, 0.29) is 28.2 Å². The summed E-state index contributed by atoms with van der Waals surface area (Å²) in [6.07, 6.45) is -1.82.